The molecule has 0 spiro atoms. The normalized spacial score (nSPS) is 11.8. The summed E-state index contributed by atoms with van der Waals surface area (Å²) in [7, 11) is -0.0713. The second-order valence-corrected chi connectivity index (χ2v) is 8.69. The van der Waals surface area contributed by atoms with E-state index in [9.17, 15) is 23.5 Å². The van der Waals surface area contributed by atoms with Crippen molar-refractivity contribution in [2.24, 2.45) is 0 Å². The average molecular weight is 454 g/mol. The first-order valence-electron chi connectivity index (χ1n) is 10.3. The van der Waals surface area contributed by atoms with Gasteiger partial charge in [-0.3, -0.25) is 14.2 Å². The molecule has 3 aromatic rings. The second-order valence-electron chi connectivity index (χ2n) is 8.69. The largest absolute Gasteiger partial charge is 0.427 e. The number of hydrogen-bond donors (Lipinski definition) is 2. The lowest BCUT2D eigenvalue weighted by molar-refractivity contribution is -0.0893. The highest BCUT2D eigenvalue weighted by Gasteiger charge is 2.35. The summed E-state index contributed by atoms with van der Waals surface area (Å²) in [4.78, 5) is 25.4. The SMILES string of the molecule is CC(C)(O)C(C)(C)OBc1ccc(NC(=O)c2cccn(-c3ccc(F)cc3)c2=O)cc1F. The minimum absolute atomic E-state index is 0.0713. The summed E-state index contributed by atoms with van der Waals surface area (Å²) in [6.45, 7) is 6.63. The van der Waals surface area contributed by atoms with Crippen LogP contribution in [0.2, 0.25) is 0 Å². The van der Waals surface area contributed by atoms with Gasteiger partial charge in [-0.2, -0.15) is 0 Å². The van der Waals surface area contributed by atoms with Crippen molar-refractivity contribution in [1.82, 2.24) is 4.57 Å². The number of nitrogens with one attached hydrogen (secondary N) is 1. The highest BCUT2D eigenvalue weighted by atomic mass is 19.1. The number of aliphatic hydroxyl groups is 1. The van der Waals surface area contributed by atoms with Crippen molar-refractivity contribution in [3.8, 4) is 5.69 Å². The van der Waals surface area contributed by atoms with Crippen LogP contribution in [0.5, 0.6) is 0 Å². The fourth-order valence-electron chi connectivity index (χ4n) is 2.85. The lowest BCUT2D eigenvalue weighted by Crippen LogP contribution is -2.49. The van der Waals surface area contributed by atoms with Crippen LogP contribution in [0.1, 0.15) is 38.1 Å². The molecule has 1 aromatic heterocycles. The number of halogens is 2. The van der Waals surface area contributed by atoms with Crippen molar-refractivity contribution >= 4 is 24.5 Å². The van der Waals surface area contributed by atoms with Gasteiger partial charge in [0.15, 0.2) is 0 Å². The fraction of sp³-hybridized carbons (Fsp3) is 0.250. The van der Waals surface area contributed by atoms with Gasteiger partial charge in [0.25, 0.3) is 11.5 Å². The lowest BCUT2D eigenvalue weighted by Gasteiger charge is -2.37. The molecule has 0 aliphatic carbocycles. The molecule has 172 valence electrons. The quantitative estimate of drug-likeness (QED) is 0.539. The molecule has 0 fully saturated rings. The van der Waals surface area contributed by atoms with E-state index >= 15 is 0 Å². The highest BCUT2D eigenvalue weighted by molar-refractivity contribution is 6.47. The number of amides is 1. The van der Waals surface area contributed by atoms with Gasteiger partial charge in [0.1, 0.15) is 17.2 Å². The van der Waals surface area contributed by atoms with Gasteiger partial charge in [-0.25, -0.2) is 8.78 Å². The molecule has 2 aromatic carbocycles. The van der Waals surface area contributed by atoms with Gasteiger partial charge < -0.3 is 15.1 Å². The minimum Gasteiger partial charge on any atom is -0.427 e. The minimum atomic E-state index is -1.13. The standard InChI is InChI=1S/C24H25BF2N2O4/c1-23(2,32)24(3,4)33-25-19-12-9-16(14-20(19)27)28-21(30)18-6-5-13-29(22(18)31)17-10-7-15(26)8-11-17/h5-14,25,32H,1-4H3,(H,28,30). The molecule has 0 aliphatic rings. The third kappa shape index (κ3) is 5.56. The molecular formula is C24H25BF2N2O4. The van der Waals surface area contributed by atoms with Crippen LogP contribution in [0.3, 0.4) is 0 Å². The smallest absolute Gasteiger partial charge is 0.312 e. The number of nitrogens with zero attached hydrogens (tertiary/aromatic N) is 1. The van der Waals surface area contributed by atoms with Crippen molar-refractivity contribution in [2.75, 3.05) is 5.32 Å². The highest BCUT2D eigenvalue weighted by Crippen LogP contribution is 2.24. The van der Waals surface area contributed by atoms with E-state index in [2.05, 4.69) is 5.32 Å². The summed E-state index contributed by atoms with van der Waals surface area (Å²) >= 11 is 0. The van der Waals surface area contributed by atoms with Crippen molar-refractivity contribution in [3.05, 3.63) is 88.3 Å². The summed E-state index contributed by atoms with van der Waals surface area (Å²) in [6.07, 6.45) is 1.47. The molecule has 9 heteroatoms. The Hall–Kier alpha value is -3.30. The molecule has 0 saturated carbocycles. The second kappa shape index (κ2) is 9.29. The van der Waals surface area contributed by atoms with Gasteiger partial charge in [-0.15, -0.1) is 0 Å². The Bertz CT molecular complexity index is 1220. The van der Waals surface area contributed by atoms with E-state index in [1.165, 1.54) is 59.3 Å². The van der Waals surface area contributed by atoms with Crippen LogP contribution >= 0.6 is 0 Å². The zero-order valence-electron chi connectivity index (χ0n) is 18.9. The molecule has 2 N–H and O–H groups in total. The van der Waals surface area contributed by atoms with Crippen molar-refractivity contribution in [2.45, 2.75) is 38.9 Å². The van der Waals surface area contributed by atoms with Crippen molar-refractivity contribution < 1.29 is 23.3 Å². The van der Waals surface area contributed by atoms with Crippen LogP contribution in [0.25, 0.3) is 5.69 Å². The zero-order valence-corrected chi connectivity index (χ0v) is 18.9. The van der Waals surface area contributed by atoms with E-state index in [-0.39, 0.29) is 24.2 Å². The maximum absolute atomic E-state index is 14.6. The number of carbonyl (C=O) groups excluding carboxylic acids is 1. The number of pyridine rings is 1. The summed E-state index contributed by atoms with van der Waals surface area (Å²) in [6, 6.07) is 12.2. The Balaban J connectivity index is 1.76. The van der Waals surface area contributed by atoms with Crippen molar-refractivity contribution in [3.63, 3.8) is 0 Å². The predicted molar refractivity (Wildman–Crippen MR) is 125 cm³/mol. The van der Waals surface area contributed by atoms with Crippen LogP contribution in [-0.2, 0) is 4.65 Å². The number of rotatable bonds is 7. The first-order chi connectivity index (χ1) is 15.4. The van der Waals surface area contributed by atoms with Crippen molar-refractivity contribution in [1.29, 1.82) is 0 Å². The van der Waals surface area contributed by atoms with Gasteiger partial charge in [0.2, 0.25) is 0 Å². The van der Waals surface area contributed by atoms with E-state index in [1.54, 1.807) is 27.7 Å². The molecule has 0 aliphatic heterocycles. The number of anilines is 1. The van der Waals surface area contributed by atoms with Gasteiger partial charge >= 0.3 is 7.48 Å². The van der Waals surface area contributed by atoms with Crippen LogP contribution < -0.4 is 16.3 Å². The zero-order chi connectivity index (χ0) is 24.4. The fourth-order valence-corrected chi connectivity index (χ4v) is 2.85. The molecule has 0 radical (unpaired) electrons. The molecule has 0 unspecified atom stereocenters. The average Bonchev–Trinajstić information content (AvgIpc) is 2.73. The van der Waals surface area contributed by atoms with Gasteiger partial charge in [-0.05, 0) is 81.7 Å². The molecule has 1 heterocycles. The van der Waals surface area contributed by atoms with Gasteiger partial charge in [-0.1, -0.05) is 6.07 Å². The predicted octanol–water partition coefficient (Wildman–Crippen LogP) is 2.91. The van der Waals surface area contributed by atoms with Gasteiger partial charge in [0.05, 0.1) is 11.2 Å². The molecule has 0 bridgehead atoms. The summed E-state index contributed by atoms with van der Waals surface area (Å²) < 4.78 is 34.7. The van der Waals surface area contributed by atoms with E-state index in [1.807, 2.05) is 0 Å². The molecule has 0 saturated heterocycles. The third-order valence-corrected chi connectivity index (χ3v) is 5.67. The van der Waals surface area contributed by atoms with E-state index in [0.717, 1.165) is 6.07 Å². The van der Waals surface area contributed by atoms with Crippen LogP contribution in [0.15, 0.2) is 65.6 Å². The van der Waals surface area contributed by atoms with E-state index in [0.29, 0.717) is 5.69 Å². The molecule has 33 heavy (non-hydrogen) atoms. The number of carbonyl (C=O) groups is 1. The topological polar surface area (TPSA) is 80.6 Å². The van der Waals surface area contributed by atoms with E-state index in [4.69, 9.17) is 4.65 Å². The monoisotopic (exact) mass is 454 g/mol. The first-order valence-corrected chi connectivity index (χ1v) is 10.3. The first kappa shape index (κ1) is 24.3. The summed E-state index contributed by atoms with van der Waals surface area (Å²) in [5, 5.41) is 12.7. The van der Waals surface area contributed by atoms with Crippen LogP contribution in [0, 0.1) is 11.6 Å². The molecule has 1 amide bonds. The lowest BCUT2D eigenvalue weighted by atomic mass is 9.82. The Morgan fingerprint density at radius 2 is 1.73 bits per heavy atom. The third-order valence-electron chi connectivity index (χ3n) is 5.67. The van der Waals surface area contributed by atoms with E-state index < -0.39 is 34.3 Å². The molecular weight excluding hydrogens is 429 g/mol. The Labute approximate surface area is 191 Å². The molecule has 0 atom stereocenters. The van der Waals surface area contributed by atoms with Gasteiger partial charge in [0, 0.05) is 17.6 Å². The number of benzene rings is 2. The Morgan fingerprint density at radius 1 is 1.06 bits per heavy atom. The number of hydrogen-bond acceptors (Lipinski definition) is 4. The Morgan fingerprint density at radius 3 is 2.33 bits per heavy atom. The summed E-state index contributed by atoms with van der Waals surface area (Å²) in [5.74, 6) is -1.75. The van der Waals surface area contributed by atoms with Crippen LogP contribution in [-0.4, -0.2) is 34.3 Å². The molecule has 6 nitrogen and oxygen atoms in total. The maximum atomic E-state index is 14.6. The molecule has 3 rings (SSSR count). The summed E-state index contributed by atoms with van der Waals surface area (Å²) in [5.41, 5.74) is -1.97. The number of aromatic nitrogens is 1. The maximum Gasteiger partial charge on any atom is 0.312 e. The Kier molecular flexibility index (Phi) is 6.85. The van der Waals surface area contributed by atoms with Crippen LogP contribution in [0.4, 0.5) is 14.5 Å².